The van der Waals surface area contributed by atoms with Crippen molar-refractivity contribution in [2.45, 2.75) is 83.4 Å². The minimum Gasteiger partial charge on any atom is -0.488 e. The number of primary amides is 1. The number of hydrogen-bond acceptors (Lipinski definition) is 7. The van der Waals surface area contributed by atoms with E-state index < -0.39 is 30.0 Å². The molecule has 3 heterocycles. The quantitative estimate of drug-likeness (QED) is 0.104. The Bertz CT molecular complexity index is 2110. The zero-order chi connectivity index (χ0) is 38.7. The van der Waals surface area contributed by atoms with Gasteiger partial charge in [0.15, 0.2) is 0 Å². The summed E-state index contributed by atoms with van der Waals surface area (Å²) in [7, 11) is 0. The van der Waals surface area contributed by atoms with Gasteiger partial charge in [0.2, 0.25) is 11.8 Å². The van der Waals surface area contributed by atoms with Gasteiger partial charge in [-0.15, -0.1) is 0 Å². The van der Waals surface area contributed by atoms with E-state index in [9.17, 15) is 19.2 Å². The Kier molecular flexibility index (Phi) is 13.1. The first kappa shape index (κ1) is 38.9. The SMILES string of the molecule is CCCCCN(CCCCC)C(=O)[C@@H]1C[C@H](Oc2ccc(C[C@H](NC(=O)c3cnc4ccccc4c3)C(N)=O)cc2)CN1C(=O)c1cnc2ccccc2c1. The topological polar surface area (TPSA) is 148 Å². The summed E-state index contributed by atoms with van der Waals surface area (Å²) in [5.74, 6) is -0.839. The summed E-state index contributed by atoms with van der Waals surface area (Å²) in [6, 6.07) is 24.3. The van der Waals surface area contributed by atoms with Crippen molar-refractivity contribution in [2.24, 2.45) is 5.73 Å². The van der Waals surface area contributed by atoms with E-state index in [-0.39, 0.29) is 24.8 Å². The number of nitrogens with two attached hydrogens (primary N) is 1. The monoisotopic (exact) mass is 742 g/mol. The third-order valence-electron chi connectivity index (χ3n) is 10.2. The minimum absolute atomic E-state index is 0.0465. The zero-order valence-corrected chi connectivity index (χ0v) is 31.7. The van der Waals surface area contributed by atoms with Gasteiger partial charge in [0.1, 0.15) is 23.9 Å². The normalized spacial score (nSPS) is 15.9. The standard InChI is InChI=1S/C44H50N6O5/c1-3-5-11-21-49(22-12-6-4-2)44(54)40-26-36(29-50(40)43(53)34-25-32-14-8-10-16-38(32)47-28-34)55-35-19-17-30(18-20-35)23-39(41(45)51)48-42(52)33-24-31-13-7-9-15-37(31)46-27-33/h7-10,13-20,24-25,27-28,36,39-40H,3-6,11-12,21-23,26,29H2,1-2H3,(H2,45,51)(H,48,52)/t36-,39-,40-/m0/s1. The number of carbonyl (C=O) groups excluding carboxylic acids is 4. The third-order valence-corrected chi connectivity index (χ3v) is 10.2. The van der Waals surface area contributed by atoms with Crippen molar-refractivity contribution in [1.29, 1.82) is 0 Å². The molecular formula is C44H50N6O5. The summed E-state index contributed by atoms with van der Waals surface area (Å²) in [5.41, 5.74) is 8.80. The molecule has 1 fully saturated rings. The Labute approximate surface area is 322 Å². The number of nitrogens with one attached hydrogen (secondary N) is 1. The van der Waals surface area contributed by atoms with Gasteiger partial charge in [-0.1, -0.05) is 88.1 Å². The number of para-hydroxylation sites is 2. The molecular weight excluding hydrogens is 693 g/mol. The lowest BCUT2D eigenvalue weighted by molar-refractivity contribution is -0.135. The van der Waals surface area contributed by atoms with E-state index in [2.05, 4.69) is 29.1 Å². The molecule has 0 saturated carbocycles. The van der Waals surface area contributed by atoms with Crippen LogP contribution in [0.25, 0.3) is 21.8 Å². The predicted octanol–water partition coefficient (Wildman–Crippen LogP) is 6.48. The van der Waals surface area contributed by atoms with Gasteiger partial charge in [0, 0.05) is 49.1 Å². The maximum absolute atomic E-state index is 14.3. The predicted molar refractivity (Wildman–Crippen MR) is 214 cm³/mol. The number of unbranched alkanes of at least 4 members (excludes halogenated alkanes) is 4. The van der Waals surface area contributed by atoms with Gasteiger partial charge in [-0.2, -0.15) is 0 Å². The number of aromatic nitrogens is 2. The van der Waals surface area contributed by atoms with Crippen LogP contribution in [0.1, 0.15) is 85.1 Å². The van der Waals surface area contributed by atoms with E-state index in [1.54, 1.807) is 29.3 Å². The van der Waals surface area contributed by atoms with Crippen molar-refractivity contribution in [3.8, 4) is 5.75 Å². The molecule has 0 unspecified atom stereocenters. The van der Waals surface area contributed by atoms with Crippen LogP contribution >= 0.6 is 0 Å². The van der Waals surface area contributed by atoms with Gasteiger partial charge in [0.05, 0.1) is 28.7 Å². The summed E-state index contributed by atoms with van der Waals surface area (Å²) in [6.45, 7) is 5.84. The van der Waals surface area contributed by atoms with Crippen LogP contribution in [0.4, 0.5) is 0 Å². The fourth-order valence-electron chi connectivity index (χ4n) is 7.14. The van der Waals surface area contributed by atoms with E-state index in [0.717, 1.165) is 65.9 Å². The molecule has 3 aromatic carbocycles. The third kappa shape index (κ3) is 9.83. The fourth-order valence-corrected chi connectivity index (χ4v) is 7.14. The minimum atomic E-state index is -0.950. The average molecular weight is 743 g/mol. The number of pyridine rings is 2. The molecule has 55 heavy (non-hydrogen) atoms. The van der Waals surface area contributed by atoms with Crippen LogP contribution in [-0.2, 0) is 16.0 Å². The van der Waals surface area contributed by atoms with Crippen molar-refractivity contribution < 1.29 is 23.9 Å². The highest BCUT2D eigenvalue weighted by atomic mass is 16.5. The number of carbonyl (C=O) groups is 4. The molecule has 1 aliphatic heterocycles. The number of rotatable bonds is 17. The van der Waals surface area contributed by atoms with Gasteiger partial charge in [-0.25, -0.2) is 0 Å². The van der Waals surface area contributed by atoms with Gasteiger partial charge in [-0.05, 0) is 54.8 Å². The van der Waals surface area contributed by atoms with E-state index >= 15 is 0 Å². The Morgan fingerprint density at radius 3 is 2.00 bits per heavy atom. The maximum Gasteiger partial charge on any atom is 0.256 e. The number of nitrogens with zero attached hydrogens (tertiary/aromatic N) is 4. The van der Waals surface area contributed by atoms with Crippen LogP contribution in [0.2, 0.25) is 0 Å². The molecule has 286 valence electrons. The lowest BCUT2D eigenvalue weighted by Crippen LogP contribution is -2.48. The van der Waals surface area contributed by atoms with Gasteiger partial charge < -0.3 is 25.6 Å². The Morgan fingerprint density at radius 1 is 0.818 bits per heavy atom. The molecule has 4 amide bonds. The number of benzene rings is 3. The smallest absolute Gasteiger partial charge is 0.256 e. The molecule has 1 saturated heterocycles. The van der Waals surface area contributed by atoms with E-state index in [4.69, 9.17) is 10.5 Å². The second kappa shape index (κ2) is 18.5. The summed E-state index contributed by atoms with van der Waals surface area (Å²) in [5, 5.41) is 4.42. The molecule has 11 nitrogen and oxygen atoms in total. The summed E-state index contributed by atoms with van der Waals surface area (Å²) in [6.07, 6.45) is 9.15. The molecule has 1 aliphatic rings. The largest absolute Gasteiger partial charge is 0.488 e. The second-order valence-electron chi connectivity index (χ2n) is 14.3. The van der Waals surface area contributed by atoms with Crippen molar-refractivity contribution in [3.63, 3.8) is 0 Å². The first-order valence-corrected chi connectivity index (χ1v) is 19.4. The van der Waals surface area contributed by atoms with Gasteiger partial charge >= 0.3 is 0 Å². The zero-order valence-electron chi connectivity index (χ0n) is 31.7. The van der Waals surface area contributed by atoms with E-state index in [1.165, 1.54) is 6.20 Å². The maximum atomic E-state index is 14.3. The highest BCUT2D eigenvalue weighted by Crippen LogP contribution is 2.28. The van der Waals surface area contributed by atoms with Crippen molar-refractivity contribution in [3.05, 3.63) is 114 Å². The number of amides is 4. The van der Waals surface area contributed by atoms with Gasteiger partial charge in [0.25, 0.3) is 11.8 Å². The van der Waals surface area contributed by atoms with Crippen LogP contribution in [0.5, 0.6) is 5.75 Å². The Balaban J connectivity index is 1.16. The molecule has 6 rings (SSSR count). The van der Waals surface area contributed by atoms with E-state index in [0.29, 0.717) is 36.4 Å². The van der Waals surface area contributed by atoms with Crippen LogP contribution < -0.4 is 15.8 Å². The van der Waals surface area contributed by atoms with E-state index in [1.807, 2.05) is 71.6 Å². The van der Waals surface area contributed by atoms with Crippen LogP contribution in [-0.4, -0.2) is 81.2 Å². The average Bonchev–Trinajstić information content (AvgIpc) is 3.63. The van der Waals surface area contributed by atoms with Crippen LogP contribution in [0.3, 0.4) is 0 Å². The number of hydrogen-bond donors (Lipinski definition) is 2. The fraction of sp³-hybridized carbons (Fsp3) is 0.364. The molecule has 11 heteroatoms. The highest BCUT2D eigenvalue weighted by molar-refractivity contribution is 6.01. The molecule has 5 aromatic rings. The molecule has 3 N–H and O–H groups in total. The highest BCUT2D eigenvalue weighted by Gasteiger charge is 2.42. The number of fused-ring (bicyclic) bond motifs is 2. The molecule has 2 aromatic heterocycles. The van der Waals surface area contributed by atoms with Crippen LogP contribution in [0.15, 0.2) is 97.3 Å². The molecule has 3 atom stereocenters. The second-order valence-corrected chi connectivity index (χ2v) is 14.3. The number of likely N-dealkylation sites (tertiary alicyclic amines) is 1. The Hall–Kier alpha value is -5.84. The van der Waals surface area contributed by atoms with Crippen molar-refractivity contribution >= 4 is 45.4 Å². The van der Waals surface area contributed by atoms with Crippen LogP contribution in [0, 0.1) is 0 Å². The summed E-state index contributed by atoms with van der Waals surface area (Å²) >= 11 is 0. The first-order chi connectivity index (χ1) is 26.7. The molecule has 0 aliphatic carbocycles. The summed E-state index contributed by atoms with van der Waals surface area (Å²) < 4.78 is 6.44. The number of ether oxygens (including phenoxy) is 1. The summed E-state index contributed by atoms with van der Waals surface area (Å²) in [4.78, 5) is 66.4. The van der Waals surface area contributed by atoms with Gasteiger partial charge in [-0.3, -0.25) is 29.1 Å². The Morgan fingerprint density at radius 2 is 1.40 bits per heavy atom. The van der Waals surface area contributed by atoms with Crippen molar-refractivity contribution in [1.82, 2.24) is 25.1 Å². The molecule has 0 spiro atoms. The lowest BCUT2D eigenvalue weighted by atomic mass is 10.0. The molecule has 0 bridgehead atoms. The first-order valence-electron chi connectivity index (χ1n) is 19.4. The molecule has 0 radical (unpaired) electrons. The lowest BCUT2D eigenvalue weighted by Gasteiger charge is -2.30. The van der Waals surface area contributed by atoms with Crippen molar-refractivity contribution in [2.75, 3.05) is 19.6 Å².